The van der Waals surface area contributed by atoms with Crippen LogP contribution < -0.4 is 11.1 Å². The molecule has 0 spiro atoms. The van der Waals surface area contributed by atoms with E-state index in [0.29, 0.717) is 0 Å². The summed E-state index contributed by atoms with van der Waals surface area (Å²) >= 11 is 1.44. The zero-order valence-corrected chi connectivity index (χ0v) is 11.2. The number of hydrogen-bond donors (Lipinski definition) is 2. The van der Waals surface area contributed by atoms with E-state index in [-0.39, 0.29) is 5.91 Å². The number of likely N-dealkylation sites (N-methyl/N-ethyl adjacent to an activating group) is 1. The third-order valence-corrected chi connectivity index (χ3v) is 3.49. The van der Waals surface area contributed by atoms with Crippen molar-refractivity contribution in [2.24, 2.45) is 5.73 Å². The molecule has 1 heterocycles. The molecule has 1 aromatic rings. The first kappa shape index (κ1) is 14.1. The standard InChI is InChI=1S/C11H20N4OS/c1-3-15(4-2)7-5-13-9(10(12)16)11-14-6-8-17-11/h6,8-9,13H,3-5,7H2,1-2H3,(H2,12,16). The second-order valence-corrected chi connectivity index (χ2v) is 4.61. The highest BCUT2D eigenvalue weighted by molar-refractivity contribution is 7.09. The highest BCUT2D eigenvalue weighted by Crippen LogP contribution is 2.14. The molecule has 1 aromatic heterocycles. The lowest BCUT2D eigenvalue weighted by Gasteiger charge is -2.20. The quantitative estimate of drug-likeness (QED) is 0.714. The van der Waals surface area contributed by atoms with Gasteiger partial charge in [0.2, 0.25) is 5.91 Å². The Hall–Kier alpha value is -0.980. The summed E-state index contributed by atoms with van der Waals surface area (Å²) in [5, 5.41) is 5.73. The summed E-state index contributed by atoms with van der Waals surface area (Å²) in [6.07, 6.45) is 1.68. The molecule has 96 valence electrons. The molecular weight excluding hydrogens is 236 g/mol. The number of hydrogen-bond acceptors (Lipinski definition) is 5. The van der Waals surface area contributed by atoms with Crippen LogP contribution in [0.5, 0.6) is 0 Å². The molecule has 0 saturated heterocycles. The Bertz CT molecular complexity index is 324. The van der Waals surface area contributed by atoms with Gasteiger partial charge in [-0.25, -0.2) is 4.98 Å². The summed E-state index contributed by atoms with van der Waals surface area (Å²) < 4.78 is 0. The fourth-order valence-electron chi connectivity index (χ4n) is 1.59. The van der Waals surface area contributed by atoms with Crippen molar-refractivity contribution < 1.29 is 4.79 Å². The van der Waals surface area contributed by atoms with Crippen LogP contribution in [0, 0.1) is 0 Å². The number of nitrogens with two attached hydrogens (primary N) is 1. The average molecular weight is 256 g/mol. The molecule has 5 nitrogen and oxygen atoms in total. The average Bonchev–Trinajstić information content (AvgIpc) is 2.82. The van der Waals surface area contributed by atoms with E-state index in [9.17, 15) is 4.79 Å². The van der Waals surface area contributed by atoms with Gasteiger partial charge in [0.05, 0.1) is 0 Å². The van der Waals surface area contributed by atoms with Gasteiger partial charge in [0.25, 0.3) is 0 Å². The summed E-state index contributed by atoms with van der Waals surface area (Å²) in [6, 6.07) is -0.467. The van der Waals surface area contributed by atoms with Crippen LogP contribution in [-0.2, 0) is 4.79 Å². The first-order chi connectivity index (χ1) is 8.19. The Balaban J connectivity index is 2.44. The molecule has 0 saturated carbocycles. The van der Waals surface area contributed by atoms with E-state index in [2.05, 4.69) is 29.0 Å². The van der Waals surface area contributed by atoms with E-state index >= 15 is 0 Å². The van der Waals surface area contributed by atoms with E-state index < -0.39 is 6.04 Å². The van der Waals surface area contributed by atoms with Gasteiger partial charge in [-0.1, -0.05) is 13.8 Å². The molecule has 0 fully saturated rings. The number of thiazole rings is 1. The zero-order valence-electron chi connectivity index (χ0n) is 10.3. The minimum absolute atomic E-state index is 0.375. The number of nitrogens with one attached hydrogen (secondary N) is 1. The molecule has 17 heavy (non-hydrogen) atoms. The fourth-order valence-corrected chi connectivity index (χ4v) is 2.31. The molecule has 3 N–H and O–H groups in total. The van der Waals surface area contributed by atoms with E-state index in [4.69, 9.17) is 5.73 Å². The Morgan fingerprint density at radius 1 is 1.59 bits per heavy atom. The Labute approximate surface area is 106 Å². The predicted octanol–water partition coefficient (Wildman–Crippen LogP) is 0.601. The van der Waals surface area contributed by atoms with Crippen LogP contribution in [0.3, 0.4) is 0 Å². The third-order valence-electron chi connectivity index (χ3n) is 2.65. The van der Waals surface area contributed by atoms with Gasteiger partial charge in [-0.2, -0.15) is 0 Å². The van der Waals surface area contributed by atoms with Gasteiger partial charge < -0.3 is 10.6 Å². The molecule has 1 unspecified atom stereocenters. The normalized spacial score (nSPS) is 12.9. The van der Waals surface area contributed by atoms with Crippen molar-refractivity contribution >= 4 is 17.2 Å². The van der Waals surface area contributed by atoms with Crippen molar-refractivity contribution in [3.05, 3.63) is 16.6 Å². The van der Waals surface area contributed by atoms with Gasteiger partial charge in [-0.05, 0) is 13.1 Å². The smallest absolute Gasteiger partial charge is 0.241 e. The van der Waals surface area contributed by atoms with Gasteiger partial charge in [0.1, 0.15) is 11.0 Å². The maximum Gasteiger partial charge on any atom is 0.241 e. The minimum atomic E-state index is -0.467. The second-order valence-electron chi connectivity index (χ2n) is 3.69. The largest absolute Gasteiger partial charge is 0.368 e. The SMILES string of the molecule is CCN(CC)CCNC(C(N)=O)c1nccs1. The number of rotatable bonds is 8. The van der Waals surface area contributed by atoms with Crippen molar-refractivity contribution in [1.29, 1.82) is 0 Å². The van der Waals surface area contributed by atoms with Crippen molar-refractivity contribution in [3.63, 3.8) is 0 Å². The highest BCUT2D eigenvalue weighted by Gasteiger charge is 2.19. The second kappa shape index (κ2) is 7.37. The summed E-state index contributed by atoms with van der Waals surface area (Å²) in [7, 11) is 0. The van der Waals surface area contributed by atoms with Gasteiger partial charge in [-0.3, -0.25) is 10.1 Å². The lowest BCUT2D eigenvalue weighted by Crippen LogP contribution is -2.38. The summed E-state index contributed by atoms with van der Waals surface area (Å²) in [6.45, 7) is 7.90. The van der Waals surface area contributed by atoms with Crippen LogP contribution >= 0.6 is 11.3 Å². The molecule has 1 amide bonds. The zero-order chi connectivity index (χ0) is 12.7. The molecule has 1 atom stereocenters. The number of amides is 1. The minimum Gasteiger partial charge on any atom is -0.368 e. The molecule has 1 rings (SSSR count). The summed E-state index contributed by atoms with van der Waals surface area (Å²) in [4.78, 5) is 17.7. The molecule has 0 aliphatic heterocycles. The van der Waals surface area contributed by atoms with Gasteiger partial charge in [0.15, 0.2) is 0 Å². The molecular formula is C11H20N4OS. The first-order valence-electron chi connectivity index (χ1n) is 5.83. The van der Waals surface area contributed by atoms with Gasteiger partial charge >= 0.3 is 0 Å². The summed E-state index contributed by atoms with van der Waals surface area (Å²) in [5.74, 6) is -0.375. The van der Waals surface area contributed by atoms with E-state index in [1.807, 2.05) is 5.38 Å². The Kier molecular flexibility index (Phi) is 6.10. The number of nitrogens with zero attached hydrogens (tertiary/aromatic N) is 2. The molecule has 0 radical (unpaired) electrons. The van der Waals surface area contributed by atoms with Crippen molar-refractivity contribution in [3.8, 4) is 0 Å². The van der Waals surface area contributed by atoms with Crippen LogP contribution in [0.15, 0.2) is 11.6 Å². The van der Waals surface area contributed by atoms with E-state index in [0.717, 1.165) is 31.2 Å². The van der Waals surface area contributed by atoms with Crippen molar-refractivity contribution in [2.45, 2.75) is 19.9 Å². The van der Waals surface area contributed by atoms with Crippen LogP contribution in [0.2, 0.25) is 0 Å². The van der Waals surface area contributed by atoms with Gasteiger partial charge in [-0.15, -0.1) is 11.3 Å². The van der Waals surface area contributed by atoms with E-state index in [1.165, 1.54) is 11.3 Å². The molecule has 0 aliphatic rings. The third kappa shape index (κ3) is 4.41. The molecule has 0 bridgehead atoms. The predicted molar refractivity (Wildman–Crippen MR) is 69.8 cm³/mol. The number of carbonyl (C=O) groups excluding carboxylic acids is 1. The highest BCUT2D eigenvalue weighted by atomic mass is 32.1. The van der Waals surface area contributed by atoms with Crippen LogP contribution in [0.1, 0.15) is 24.9 Å². The topological polar surface area (TPSA) is 71.2 Å². The molecule has 0 aromatic carbocycles. The van der Waals surface area contributed by atoms with Crippen LogP contribution in [-0.4, -0.2) is 42.0 Å². The number of aromatic nitrogens is 1. The van der Waals surface area contributed by atoms with Crippen molar-refractivity contribution in [2.75, 3.05) is 26.2 Å². The maximum absolute atomic E-state index is 11.3. The monoisotopic (exact) mass is 256 g/mol. The molecule has 6 heteroatoms. The molecule has 0 aliphatic carbocycles. The van der Waals surface area contributed by atoms with Crippen LogP contribution in [0.4, 0.5) is 0 Å². The fraction of sp³-hybridized carbons (Fsp3) is 0.636. The van der Waals surface area contributed by atoms with Crippen molar-refractivity contribution in [1.82, 2.24) is 15.2 Å². The lowest BCUT2D eigenvalue weighted by molar-refractivity contribution is -0.120. The number of primary amides is 1. The summed E-state index contributed by atoms with van der Waals surface area (Å²) in [5.41, 5.74) is 5.36. The van der Waals surface area contributed by atoms with Gasteiger partial charge in [0, 0.05) is 24.7 Å². The van der Waals surface area contributed by atoms with Crippen LogP contribution in [0.25, 0.3) is 0 Å². The first-order valence-corrected chi connectivity index (χ1v) is 6.71. The Morgan fingerprint density at radius 2 is 2.29 bits per heavy atom. The van der Waals surface area contributed by atoms with E-state index in [1.54, 1.807) is 6.20 Å². The Morgan fingerprint density at radius 3 is 2.76 bits per heavy atom. The lowest BCUT2D eigenvalue weighted by atomic mass is 10.3. The maximum atomic E-state index is 11.3. The number of carbonyl (C=O) groups is 1.